The second-order valence-corrected chi connectivity index (χ2v) is 3.63. The highest BCUT2D eigenvalue weighted by Gasteiger charge is 1.95. The van der Waals surface area contributed by atoms with Crippen molar-refractivity contribution in [3.05, 3.63) is 17.4 Å². The first-order chi connectivity index (χ1) is 6.72. The van der Waals surface area contributed by atoms with E-state index in [1.165, 1.54) is 0 Å². The first-order valence-electron chi connectivity index (χ1n) is 4.36. The summed E-state index contributed by atoms with van der Waals surface area (Å²) in [5.41, 5.74) is 0. The molecule has 4 nitrogen and oxygen atoms in total. The fourth-order valence-electron chi connectivity index (χ4n) is 0.992. The highest BCUT2D eigenvalue weighted by atomic mass is 35.5. The van der Waals surface area contributed by atoms with Crippen molar-refractivity contribution < 1.29 is 0 Å². The molecule has 1 rings (SSSR count). The number of aryl methyl sites for hydroxylation is 1. The topological polar surface area (TPSA) is 41.9 Å². The molecule has 0 aliphatic heterocycles. The summed E-state index contributed by atoms with van der Waals surface area (Å²) < 4.78 is 1.81. The van der Waals surface area contributed by atoms with Crippen LogP contribution < -0.4 is 10.6 Å². The van der Waals surface area contributed by atoms with Crippen LogP contribution in [-0.4, -0.2) is 28.5 Å². The standard InChI is InChI=1S/C8H13ClN4S/c1-10-8(14)11-3-2-4-13-6-7(9)5-12-13/h5-6H,2-4H2,1H3,(H2,10,11,14). The van der Waals surface area contributed by atoms with Gasteiger partial charge in [-0.2, -0.15) is 5.10 Å². The quantitative estimate of drug-likeness (QED) is 0.601. The number of aromatic nitrogens is 2. The van der Waals surface area contributed by atoms with E-state index in [9.17, 15) is 0 Å². The molecule has 6 heteroatoms. The molecule has 0 spiro atoms. The zero-order valence-corrected chi connectivity index (χ0v) is 9.53. The lowest BCUT2D eigenvalue weighted by molar-refractivity contribution is 0.572. The average molecular weight is 233 g/mol. The fourth-order valence-corrected chi connectivity index (χ4v) is 1.25. The van der Waals surface area contributed by atoms with Gasteiger partial charge in [-0.15, -0.1) is 0 Å². The molecule has 0 unspecified atom stereocenters. The number of rotatable bonds is 4. The molecule has 0 atom stereocenters. The van der Waals surface area contributed by atoms with Crippen LogP contribution in [0, 0.1) is 0 Å². The summed E-state index contributed by atoms with van der Waals surface area (Å²) in [6, 6.07) is 0. The van der Waals surface area contributed by atoms with Crippen molar-refractivity contribution in [2.75, 3.05) is 13.6 Å². The van der Waals surface area contributed by atoms with Crippen molar-refractivity contribution in [2.24, 2.45) is 0 Å². The molecule has 0 radical (unpaired) electrons. The smallest absolute Gasteiger partial charge is 0.166 e. The lowest BCUT2D eigenvalue weighted by atomic mass is 10.4. The Kier molecular flexibility index (Phi) is 4.69. The Hall–Kier alpha value is -0.810. The maximum atomic E-state index is 5.72. The Morgan fingerprint density at radius 3 is 3.07 bits per heavy atom. The van der Waals surface area contributed by atoms with E-state index < -0.39 is 0 Å². The van der Waals surface area contributed by atoms with E-state index in [2.05, 4.69) is 15.7 Å². The number of hydrogen-bond acceptors (Lipinski definition) is 2. The van der Waals surface area contributed by atoms with E-state index in [-0.39, 0.29) is 0 Å². The predicted octanol–water partition coefficient (Wildman–Crippen LogP) is 1.02. The normalized spacial score (nSPS) is 9.86. The number of nitrogens with one attached hydrogen (secondary N) is 2. The minimum atomic E-state index is 0.670. The molecule has 78 valence electrons. The van der Waals surface area contributed by atoms with Gasteiger partial charge in [-0.1, -0.05) is 11.6 Å². The average Bonchev–Trinajstić information content (AvgIpc) is 2.58. The molecule has 1 aromatic heterocycles. The lowest BCUT2D eigenvalue weighted by Gasteiger charge is -2.06. The van der Waals surface area contributed by atoms with E-state index in [0.29, 0.717) is 10.1 Å². The fraction of sp³-hybridized carbons (Fsp3) is 0.500. The summed E-state index contributed by atoms with van der Waals surface area (Å²) in [4.78, 5) is 0. The van der Waals surface area contributed by atoms with Crippen LogP contribution >= 0.6 is 23.8 Å². The Labute approximate surface area is 93.6 Å². The van der Waals surface area contributed by atoms with Gasteiger partial charge in [-0.05, 0) is 18.6 Å². The van der Waals surface area contributed by atoms with Gasteiger partial charge in [0.25, 0.3) is 0 Å². The minimum Gasteiger partial charge on any atom is -0.366 e. The second kappa shape index (κ2) is 5.82. The molecule has 0 aromatic carbocycles. The molecular formula is C8H13ClN4S. The Bertz CT molecular complexity index is 299. The summed E-state index contributed by atoms with van der Waals surface area (Å²) in [5.74, 6) is 0. The van der Waals surface area contributed by atoms with E-state index in [4.69, 9.17) is 23.8 Å². The van der Waals surface area contributed by atoms with Gasteiger partial charge < -0.3 is 10.6 Å². The van der Waals surface area contributed by atoms with Gasteiger partial charge >= 0.3 is 0 Å². The Morgan fingerprint density at radius 1 is 1.71 bits per heavy atom. The summed E-state index contributed by atoms with van der Waals surface area (Å²) in [7, 11) is 1.79. The number of nitrogens with zero attached hydrogens (tertiary/aromatic N) is 2. The Morgan fingerprint density at radius 2 is 2.50 bits per heavy atom. The number of thiocarbonyl (C=S) groups is 1. The van der Waals surface area contributed by atoms with E-state index >= 15 is 0 Å². The van der Waals surface area contributed by atoms with Crippen LogP contribution in [-0.2, 0) is 6.54 Å². The van der Waals surface area contributed by atoms with Gasteiger partial charge in [0.2, 0.25) is 0 Å². The summed E-state index contributed by atoms with van der Waals surface area (Å²) >= 11 is 10.6. The third kappa shape index (κ3) is 3.93. The zero-order valence-electron chi connectivity index (χ0n) is 7.96. The van der Waals surface area contributed by atoms with Crippen molar-refractivity contribution >= 4 is 28.9 Å². The molecule has 0 fully saturated rings. The molecule has 0 aliphatic rings. The van der Waals surface area contributed by atoms with Crippen molar-refractivity contribution in [1.29, 1.82) is 0 Å². The molecule has 0 saturated heterocycles. The van der Waals surface area contributed by atoms with Gasteiger partial charge in [-0.3, -0.25) is 4.68 Å². The van der Waals surface area contributed by atoms with Gasteiger partial charge in [0.15, 0.2) is 5.11 Å². The van der Waals surface area contributed by atoms with Crippen molar-refractivity contribution in [3.8, 4) is 0 Å². The van der Waals surface area contributed by atoms with E-state index in [1.54, 1.807) is 19.4 Å². The maximum Gasteiger partial charge on any atom is 0.166 e. The minimum absolute atomic E-state index is 0.670. The van der Waals surface area contributed by atoms with Crippen LogP contribution in [0.25, 0.3) is 0 Å². The first-order valence-corrected chi connectivity index (χ1v) is 5.14. The third-order valence-electron chi connectivity index (χ3n) is 1.68. The van der Waals surface area contributed by atoms with Crippen molar-refractivity contribution in [3.63, 3.8) is 0 Å². The highest BCUT2D eigenvalue weighted by molar-refractivity contribution is 7.80. The molecule has 1 aromatic rings. The molecule has 1 heterocycles. The molecule has 2 N–H and O–H groups in total. The van der Waals surface area contributed by atoms with E-state index in [0.717, 1.165) is 19.5 Å². The molecule has 14 heavy (non-hydrogen) atoms. The number of hydrogen-bond donors (Lipinski definition) is 2. The van der Waals surface area contributed by atoms with Gasteiger partial charge in [0, 0.05) is 26.3 Å². The predicted molar refractivity (Wildman–Crippen MR) is 61.5 cm³/mol. The summed E-state index contributed by atoms with van der Waals surface area (Å²) in [5, 5.41) is 11.3. The summed E-state index contributed by atoms with van der Waals surface area (Å²) in [6.07, 6.45) is 4.39. The Balaban J connectivity index is 2.13. The zero-order chi connectivity index (χ0) is 10.4. The molecule has 0 amide bonds. The van der Waals surface area contributed by atoms with Crippen molar-refractivity contribution in [1.82, 2.24) is 20.4 Å². The third-order valence-corrected chi connectivity index (χ3v) is 2.22. The molecular weight excluding hydrogens is 220 g/mol. The van der Waals surface area contributed by atoms with Gasteiger partial charge in [0.1, 0.15) is 0 Å². The van der Waals surface area contributed by atoms with Gasteiger partial charge in [-0.25, -0.2) is 0 Å². The van der Waals surface area contributed by atoms with Crippen LogP contribution in [0.5, 0.6) is 0 Å². The monoisotopic (exact) mass is 232 g/mol. The largest absolute Gasteiger partial charge is 0.366 e. The summed E-state index contributed by atoms with van der Waals surface area (Å²) in [6.45, 7) is 1.67. The molecule has 0 bridgehead atoms. The second-order valence-electron chi connectivity index (χ2n) is 2.78. The van der Waals surface area contributed by atoms with Crippen LogP contribution in [0.2, 0.25) is 5.02 Å². The van der Waals surface area contributed by atoms with Crippen LogP contribution in [0.15, 0.2) is 12.4 Å². The SMILES string of the molecule is CNC(=S)NCCCn1cc(Cl)cn1. The van der Waals surface area contributed by atoms with E-state index in [1.807, 2.05) is 4.68 Å². The van der Waals surface area contributed by atoms with Crippen LogP contribution in [0.3, 0.4) is 0 Å². The first kappa shape index (κ1) is 11.3. The molecule has 0 saturated carbocycles. The maximum absolute atomic E-state index is 5.72. The van der Waals surface area contributed by atoms with Crippen molar-refractivity contribution in [2.45, 2.75) is 13.0 Å². The van der Waals surface area contributed by atoms with Gasteiger partial charge in [0.05, 0.1) is 11.2 Å². The molecule has 0 aliphatic carbocycles. The van der Waals surface area contributed by atoms with Crippen LogP contribution in [0.4, 0.5) is 0 Å². The number of halogens is 1. The lowest BCUT2D eigenvalue weighted by Crippen LogP contribution is -2.33. The van der Waals surface area contributed by atoms with Crippen LogP contribution in [0.1, 0.15) is 6.42 Å². The highest BCUT2D eigenvalue weighted by Crippen LogP contribution is 2.04.